The molecule has 0 aromatic heterocycles. The van der Waals surface area contributed by atoms with Crippen molar-refractivity contribution in [3.63, 3.8) is 0 Å². The molecule has 0 bridgehead atoms. The maximum Gasteiger partial charge on any atom is 0.198 e. The van der Waals surface area contributed by atoms with Crippen molar-refractivity contribution in [2.75, 3.05) is 39.0 Å². The van der Waals surface area contributed by atoms with Crippen molar-refractivity contribution in [3.05, 3.63) is 36.9 Å². The predicted octanol–water partition coefficient (Wildman–Crippen LogP) is 0.802. The molecule has 20 heavy (non-hydrogen) atoms. The van der Waals surface area contributed by atoms with Gasteiger partial charge in [-0.25, -0.2) is 8.42 Å². The van der Waals surface area contributed by atoms with Crippen molar-refractivity contribution in [1.82, 2.24) is 9.80 Å². The van der Waals surface area contributed by atoms with E-state index in [-0.39, 0.29) is 4.90 Å². The van der Waals surface area contributed by atoms with Crippen LogP contribution in [0.15, 0.2) is 41.8 Å². The van der Waals surface area contributed by atoms with Crippen LogP contribution in [0.25, 0.3) is 0 Å². The van der Waals surface area contributed by atoms with Gasteiger partial charge in [0.05, 0.1) is 4.90 Å². The van der Waals surface area contributed by atoms with E-state index in [2.05, 4.69) is 11.5 Å². The van der Waals surface area contributed by atoms with Gasteiger partial charge in [-0.2, -0.15) is 0 Å². The van der Waals surface area contributed by atoms with Crippen LogP contribution < -0.4 is 5.73 Å². The zero-order valence-corrected chi connectivity index (χ0v) is 12.5. The molecule has 0 saturated carbocycles. The fourth-order valence-corrected chi connectivity index (χ4v) is 4.00. The molecule has 1 aliphatic rings. The Balaban J connectivity index is 2.25. The second-order valence-corrected chi connectivity index (χ2v) is 7.12. The minimum Gasteiger partial charge on any atom is -0.399 e. The van der Waals surface area contributed by atoms with E-state index < -0.39 is 15.2 Å². The van der Waals surface area contributed by atoms with Crippen LogP contribution in [0.4, 0.5) is 5.69 Å². The second-order valence-electron chi connectivity index (χ2n) is 5.08. The Morgan fingerprint density at radius 2 is 1.75 bits per heavy atom. The number of rotatable bonds is 4. The summed E-state index contributed by atoms with van der Waals surface area (Å²) in [6, 6.07) is 6.32. The first-order chi connectivity index (χ1) is 9.45. The summed E-state index contributed by atoms with van der Waals surface area (Å²) in [6.07, 6.45) is 1.51. The Morgan fingerprint density at radius 1 is 1.20 bits per heavy atom. The molecule has 1 saturated heterocycles. The van der Waals surface area contributed by atoms with E-state index in [1.165, 1.54) is 6.08 Å². The molecule has 1 aromatic carbocycles. The van der Waals surface area contributed by atoms with Gasteiger partial charge < -0.3 is 10.6 Å². The predicted molar refractivity (Wildman–Crippen MR) is 81.1 cm³/mol. The Labute approximate surface area is 120 Å². The standard InChI is InChI=1S/C14H21N3O2S/c1-3-14(17-10-8-16(2)9-11-17)20(18,19)13-6-4-12(15)5-7-13/h3-7,14H,1,8-11,15H2,2H3. The molecule has 1 unspecified atom stereocenters. The highest BCUT2D eigenvalue weighted by Gasteiger charge is 2.31. The van der Waals surface area contributed by atoms with E-state index in [1.807, 2.05) is 11.9 Å². The Morgan fingerprint density at radius 3 is 2.25 bits per heavy atom. The summed E-state index contributed by atoms with van der Waals surface area (Å²) in [7, 11) is -1.41. The number of nitrogens with zero attached hydrogens (tertiary/aromatic N) is 2. The third kappa shape index (κ3) is 3.03. The van der Waals surface area contributed by atoms with Crippen LogP contribution in [-0.2, 0) is 9.84 Å². The smallest absolute Gasteiger partial charge is 0.198 e. The van der Waals surface area contributed by atoms with E-state index in [0.717, 1.165) is 26.2 Å². The highest BCUT2D eigenvalue weighted by molar-refractivity contribution is 7.92. The maximum atomic E-state index is 12.7. The summed E-state index contributed by atoms with van der Waals surface area (Å²) in [5.41, 5.74) is 6.16. The number of hydrogen-bond donors (Lipinski definition) is 1. The first-order valence-electron chi connectivity index (χ1n) is 6.60. The van der Waals surface area contributed by atoms with Gasteiger partial charge >= 0.3 is 0 Å². The highest BCUT2D eigenvalue weighted by atomic mass is 32.2. The highest BCUT2D eigenvalue weighted by Crippen LogP contribution is 2.21. The minimum absolute atomic E-state index is 0.288. The van der Waals surface area contributed by atoms with Crippen LogP contribution in [0.1, 0.15) is 0 Å². The normalized spacial score (nSPS) is 19.6. The number of likely N-dealkylation sites (N-methyl/N-ethyl adjacent to an activating group) is 1. The van der Waals surface area contributed by atoms with Gasteiger partial charge in [-0.1, -0.05) is 6.08 Å². The fraction of sp³-hybridized carbons (Fsp3) is 0.429. The second kappa shape index (κ2) is 5.95. The lowest BCUT2D eigenvalue weighted by Gasteiger charge is -2.36. The fourth-order valence-electron chi connectivity index (χ4n) is 2.35. The number of nitrogens with two attached hydrogens (primary N) is 1. The molecule has 2 N–H and O–H groups in total. The number of benzene rings is 1. The molecule has 1 fully saturated rings. The average Bonchev–Trinajstić information content (AvgIpc) is 2.42. The summed E-state index contributed by atoms with van der Waals surface area (Å²) < 4.78 is 25.4. The Bertz CT molecular complexity index is 561. The Hall–Kier alpha value is -1.37. The molecule has 0 amide bonds. The summed E-state index contributed by atoms with van der Waals surface area (Å²) in [5, 5.41) is -0.681. The van der Waals surface area contributed by atoms with E-state index in [4.69, 9.17) is 5.73 Å². The van der Waals surface area contributed by atoms with Gasteiger partial charge in [-0.15, -0.1) is 6.58 Å². The molecule has 0 radical (unpaired) electrons. The molecular weight excluding hydrogens is 274 g/mol. The largest absolute Gasteiger partial charge is 0.399 e. The molecule has 2 rings (SSSR count). The monoisotopic (exact) mass is 295 g/mol. The van der Waals surface area contributed by atoms with Crippen LogP contribution >= 0.6 is 0 Å². The average molecular weight is 295 g/mol. The first kappa shape index (κ1) is 15.0. The van der Waals surface area contributed by atoms with Crippen molar-refractivity contribution in [2.45, 2.75) is 10.3 Å². The molecular formula is C14H21N3O2S. The van der Waals surface area contributed by atoms with Crippen LogP contribution in [0.2, 0.25) is 0 Å². The van der Waals surface area contributed by atoms with Crippen LogP contribution in [-0.4, -0.2) is 56.8 Å². The van der Waals surface area contributed by atoms with Gasteiger partial charge in [0.25, 0.3) is 0 Å². The van der Waals surface area contributed by atoms with Gasteiger partial charge in [0.2, 0.25) is 0 Å². The summed E-state index contributed by atoms with van der Waals surface area (Å²) in [6.45, 7) is 6.88. The first-order valence-corrected chi connectivity index (χ1v) is 8.14. The summed E-state index contributed by atoms with van der Waals surface area (Å²) in [5.74, 6) is 0. The maximum absolute atomic E-state index is 12.7. The van der Waals surface area contributed by atoms with Crippen LogP contribution in [0, 0.1) is 0 Å². The summed E-state index contributed by atoms with van der Waals surface area (Å²) in [4.78, 5) is 4.43. The number of sulfone groups is 1. The SMILES string of the molecule is C=CC(N1CCN(C)CC1)S(=O)(=O)c1ccc(N)cc1. The van der Waals surface area contributed by atoms with Crippen molar-refractivity contribution >= 4 is 15.5 Å². The van der Waals surface area contributed by atoms with E-state index >= 15 is 0 Å². The zero-order valence-electron chi connectivity index (χ0n) is 11.7. The lowest BCUT2D eigenvalue weighted by Crippen LogP contribution is -2.50. The number of hydrogen-bond acceptors (Lipinski definition) is 5. The minimum atomic E-state index is -3.45. The lowest BCUT2D eigenvalue weighted by molar-refractivity contribution is 0.154. The summed E-state index contributed by atoms with van der Waals surface area (Å²) >= 11 is 0. The van der Waals surface area contributed by atoms with Gasteiger partial charge in [-0.05, 0) is 31.3 Å². The third-order valence-corrected chi connectivity index (χ3v) is 5.68. The molecule has 5 nitrogen and oxygen atoms in total. The molecule has 0 spiro atoms. The molecule has 110 valence electrons. The van der Waals surface area contributed by atoms with Crippen LogP contribution in [0.5, 0.6) is 0 Å². The van der Waals surface area contributed by atoms with E-state index in [9.17, 15) is 8.42 Å². The molecule has 1 aromatic rings. The van der Waals surface area contributed by atoms with Crippen LogP contribution in [0.3, 0.4) is 0 Å². The van der Waals surface area contributed by atoms with Gasteiger partial charge in [-0.3, -0.25) is 4.90 Å². The molecule has 1 heterocycles. The van der Waals surface area contributed by atoms with Crippen molar-refractivity contribution < 1.29 is 8.42 Å². The third-order valence-electron chi connectivity index (χ3n) is 3.63. The molecule has 0 aliphatic carbocycles. The number of nitrogen functional groups attached to an aromatic ring is 1. The van der Waals surface area contributed by atoms with E-state index in [0.29, 0.717) is 5.69 Å². The van der Waals surface area contributed by atoms with Crippen molar-refractivity contribution in [2.24, 2.45) is 0 Å². The Kier molecular flexibility index (Phi) is 4.47. The van der Waals surface area contributed by atoms with Gasteiger partial charge in [0.15, 0.2) is 9.84 Å². The topological polar surface area (TPSA) is 66.6 Å². The van der Waals surface area contributed by atoms with Gasteiger partial charge in [0.1, 0.15) is 5.37 Å². The van der Waals surface area contributed by atoms with Crippen molar-refractivity contribution in [1.29, 1.82) is 0 Å². The molecule has 6 heteroatoms. The van der Waals surface area contributed by atoms with Gasteiger partial charge in [0, 0.05) is 31.9 Å². The van der Waals surface area contributed by atoms with Crippen molar-refractivity contribution in [3.8, 4) is 0 Å². The molecule has 1 atom stereocenters. The number of piperazine rings is 1. The zero-order chi connectivity index (χ0) is 14.8. The quantitative estimate of drug-likeness (QED) is 0.657. The number of anilines is 1. The van der Waals surface area contributed by atoms with E-state index in [1.54, 1.807) is 24.3 Å². The molecule has 1 aliphatic heterocycles. The lowest BCUT2D eigenvalue weighted by atomic mass is 10.3.